The standard InChI is InChI=1S/C23H28N2O/c1-3-18(2)21-11-7-8-12-22(21)24-23(26)17-25-15-13-20(14-16-25)19-9-5-4-6-10-19/h4-13,18H,3,14-17H2,1-2H3,(H,24,26)/t18-/m1/s1. The quantitative estimate of drug-likeness (QED) is 0.803. The van der Waals surface area contributed by atoms with Crippen LogP contribution in [-0.4, -0.2) is 30.4 Å². The van der Waals surface area contributed by atoms with Crippen molar-refractivity contribution in [2.75, 3.05) is 25.0 Å². The molecule has 3 nitrogen and oxygen atoms in total. The number of carbonyl (C=O) groups excluding carboxylic acids is 1. The lowest BCUT2D eigenvalue weighted by molar-refractivity contribution is -0.117. The van der Waals surface area contributed by atoms with Gasteiger partial charge in [0.05, 0.1) is 6.54 Å². The fourth-order valence-corrected chi connectivity index (χ4v) is 3.42. The first-order valence-electron chi connectivity index (χ1n) is 9.53. The van der Waals surface area contributed by atoms with Gasteiger partial charge in [0.25, 0.3) is 0 Å². The van der Waals surface area contributed by atoms with Crippen molar-refractivity contribution in [2.24, 2.45) is 0 Å². The highest BCUT2D eigenvalue weighted by atomic mass is 16.2. The van der Waals surface area contributed by atoms with Crippen molar-refractivity contribution in [3.63, 3.8) is 0 Å². The average Bonchev–Trinajstić information content (AvgIpc) is 2.69. The molecule has 1 aliphatic heterocycles. The molecule has 3 rings (SSSR count). The van der Waals surface area contributed by atoms with Crippen molar-refractivity contribution in [1.82, 2.24) is 4.90 Å². The predicted octanol–water partition coefficient (Wildman–Crippen LogP) is 4.93. The van der Waals surface area contributed by atoms with Crippen LogP contribution in [0.15, 0.2) is 60.7 Å². The summed E-state index contributed by atoms with van der Waals surface area (Å²) in [4.78, 5) is 14.7. The first-order valence-corrected chi connectivity index (χ1v) is 9.53. The molecule has 0 aliphatic carbocycles. The second-order valence-corrected chi connectivity index (χ2v) is 7.03. The van der Waals surface area contributed by atoms with E-state index in [0.717, 1.165) is 31.6 Å². The summed E-state index contributed by atoms with van der Waals surface area (Å²) in [5, 5.41) is 3.11. The highest BCUT2D eigenvalue weighted by Crippen LogP contribution is 2.26. The molecule has 1 N–H and O–H groups in total. The highest BCUT2D eigenvalue weighted by Gasteiger charge is 2.17. The Morgan fingerprint density at radius 1 is 1.12 bits per heavy atom. The number of nitrogens with zero attached hydrogens (tertiary/aromatic N) is 1. The molecule has 0 saturated heterocycles. The summed E-state index contributed by atoms with van der Waals surface area (Å²) in [6.07, 6.45) is 4.30. The topological polar surface area (TPSA) is 32.3 Å². The first-order chi connectivity index (χ1) is 12.7. The zero-order valence-corrected chi connectivity index (χ0v) is 15.7. The molecule has 0 bridgehead atoms. The summed E-state index contributed by atoms with van der Waals surface area (Å²) in [6, 6.07) is 18.6. The molecule has 0 fully saturated rings. The summed E-state index contributed by atoms with van der Waals surface area (Å²) in [5.41, 5.74) is 4.83. The summed E-state index contributed by atoms with van der Waals surface area (Å²) in [7, 11) is 0. The van der Waals surface area contributed by atoms with Crippen LogP contribution in [-0.2, 0) is 4.79 Å². The molecular formula is C23H28N2O. The number of carbonyl (C=O) groups is 1. The Balaban J connectivity index is 1.58. The Morgan fingerprint density at radius 3 is 2.54 bits per heavy atom. The maximum atomic E-state index is 12.5. The number of benzene rings is 2. The van der Waals surface area contributed by atoms with Gasteiger partial charge in [-0.25, -0.2) is 0 Å². The third-order valence-corrected chi connectivity index (χ3v) is 5.18. The third-order valence-electron chi connectivity index (χ3n) is 5.18. The molecule has 1 atom stereocenters. The molecule has 0 spiro atoms. The number of hydrogen-bond acceptors (Lipinski definition) is 2. The molecular weight excluding hydrogens is 320 g/mol. The monoisotopic (exact) mass is 348 g/mol. The number of hydrogen-bond donors (Lipinski definition) is 1. The number of rotatable bonds is 6. The van der Waals surface area contributed by atoms with Gasteiger partial charge in [0.1, 0.15) is 0 Å². The van der Waals surface area contributed by atoms with Crippen molar-refractivity contribution in [3.05, 3.63) is 71.8 Å². The van der Waals surface area contributed by atoms with Crippen molar-refractivity contribution in [1.29, 1.82) is 0 Å². The lowest BCUT2D eigenvalue weighted by Gasteiger charge is -2.26. The van der Waals surface area contributed by atoms with Crippen LogP contribution in [0.5, 0.6) is 0 Å². The minimum atomic E-state index is 0.0670. The second kappa shape index (κ2) is 8.81. The van der Waals surface area contributed by atoms with E-state index in [9.17, 15) is 4.79 Å². The van der Waals surface area contributed by atoms with Gasteiger partial charge < -0.3 is 5.32 Å². The van der Waals surface area contributed by atoms with Crippen LogP contribution in [0.4, 0.5) is 5.69 Å². The zero-order valence-electron chi connectivity index (χ0n) is 15.7. The fraction of sp³-hybridized carbons (Fsp3) is 0.348. The van der Waals surface area contributed by atoms with Crippen molar-refractivity contribution in [3.8, 4) is 0 Å². The fourth-order valence-electron chi connectivity index (χ4n) is 3.42. The summed E-state index contributed by atoms with van der Waals surface area (Å²) in [5.74, 6) is 0.509. The van der Waals surface area contributed by atoms with Gasteiger partial charge in [0.15, 0.2) is 0 Å². The van der Waals surface area contributed by atoms with Crippen molar-refractivity contribution in [2.45, 2.75) is 32.6 Å². The van der Waals surface area contributed by atoms with E-state index in [-0.39, 0.29) is 5.91 Å². The smallest absolute Gasteiger partial charge is 0.238 e. The normalized spacial score (nSPS) is 16.0. The van der Waals surface area contributed by atoms with E-state index in [1.54, 1.807) is 0 Å². The Morgan fingerprint density at radius 2 is 1.85 bits per heavy atom. The SMILES string of the molecule is CC[C@@H](C)c1ccccc1NC(=O)CN1CC=C(c2ccccc2)CC1. The van der Waals surface area contributed by atoms with Crippen LogP contribution in [0.1, 0.15) is 43.7 Å². The summed E-state index contributed by atoms with van der Waals surface area (Å²) in [6.45, 7) is 6.55. The van der Waals surface area contributed by atoms with E-state index >= 15 is 0 Å². The number of anilines is 1. The van der Waals surface area contributed by atoms with Gasteiger partial charge in [-0.05, 0) is 41.5 Å². The third kappa shape index (κ3) is 4.61. The molecule has 0 radical (unpaired) electrons. The van der Waals surface area contributed by atoms with Crippen LogP contribution >= 0.6 is 0 Å². The Hall–Kier alpha value is -2.39. The van der Waals surface area contributed by atoms with Crippen molar-refractivity contribution >= 4 is 17.2 Å². The molecule has 1 amide bonds. The van der Waals surface area contributed by atoms with Gasteiger partial charge in [-0.3, -0.25) is 9.69 Å². The van der Waals surface area contributed by atoms with E-state index in [2.05, 4.69) is 60.5 Å². The Labute approximate surface area is 156 Å². The second-order valence-electron chi connectivity index (χ2n) is 7.03. The van der Waals surface area contributed by atoms with Crippen molar-refractivity contribution < 1.29 is 4.79 Å². The van der Waals surface area contributed by atoms with Crippen LogP contribution in [0.2, 0.25) is 0 Å². The summed E-state index contributed by atoms with van der Waals surface area (Å²) >= 11 is 0. The average molecular weight is 348 g/mol. The number of para-hydroxylation sites is 1. The number of amides is 1. The van der Waals surface area contributed by atoms with Gasteiger partial charge in [0.2, 0.25) is 5.91 Å². The summed E-state index contributed by atoms with van der Waals surface area (Å²) < 4.78 is 0. The van der Waals surface area contributed by atoms with Gasteiger partial charge in [-0.15, -0.1) is 0 Å². The molecule has 0 aromatic heterocycles. The van der Waals surface area contributed by atoms with E-state index < -0.39 is 0 Å². The molecule has 136 valence electrons. The Bertz CT molecular complexity index is 767. The maximum Gasteiger partial charge on any atom is 0.238 e. The van der Waals surface area contributed by atoms with Gasteiger partial charge in [-0.2, -0.15) is 0 Å². The first kappa shape index (κ1) is 18.4. The van der Waals surface area contributed by atoms with Crippen LogP contribution < -0.4 is 5.32 Å². The molecule has 3 heteroatoms. The Kier molecular flexibility index (Phi) is 6.24. The molecule has 26 heavy (non-hydrogen) atoms. The van der Waals surface area contributed by atoms with E-state index in [1.807, 2.05) is 24.3 Å². The molecule has 2 aromatic carbocycles. The van der Waals surface area contributed by atoms with Crippen LogP contribution in [0.3, 0.4) is 0 Å². The molecule has 0 unspecified atom stereocenters. The number of nitrogens with one attached hydrogen (secondary N) is 1. The highest BCUT2D eigenvalue weighted by molar-refractivity contribution is 5.93. The molecule has 1 heterocycles. The zero-order chi connectivity index (χ0) is 18.4. The lowest BCUT2D eigenvalue weighted by atomic mass is 9.97. The lowest BCUT2D eigenvalue weighted by Crippen LogP contribution is -2.36. The maximum absolute atomic E-state index is 12.5. The van der Waals surface area contributed by atoms with E-state index in [0.29, 0.717) is 12.5 Å². The van der Waals surface area contributed by atoms with Gasteiger partial charge in [0, 0.05) is 18.8 Å². The minimum Gasteiger partial charge on any atom is -0.325 e. The van der Waals surface area contributed by atoms with Crippen LogP contribution in [0, 0.1) is 0 Å². The van der Waals surface area contributed by atoms with Gasteiger partial charge >= 0.3 is 0 Å². The van der Waals surface area contributed by atoms with E-state index in [4.69, 9.17) is 0 Å². The molecule has 0 saturated carbocycles. The minimum absolute atomic E-state index is 0.0670. The predicted molar refractivity (Wildman–Crippen MR) is 109 cm³/mol. The van der Waals surface area contributed by atoms with Gasteiger partial charge in [-0.1, -0.05) is 68.5 Å². The molecule has 2 aromatic rings. The van der Waals surface area contributed by atoms with E-state index in [1.165, 1.54) is 16.7 Å². The largest absolute Gasteiger partial charge is 0.325 e. The van der Waals surface area contributed by atoms with Crippen LogP contribution in [0.25, 0.3) is 5.57 Å². The molecule has 1 aliphatic rings.